The molecule has 0 fully saturated rings. The lowest BCUT2D eigenvalue weighted by Crippen LogP contribution is -2.22. The first-order chi connectivity index (χ1) is 6.56. The Kier molecular flexibility index (Phi) is 3.74. The molecule has 0 aliphatic heterocycles. The van der Waals surface area contributed by atoms with E-state index in [4.69, 9.17) is 0 Å². The molecule has 1 unspecified atom stereocenters. The van der Waals surface area contributed by atoms with E-state index in [9.17, 15) is 0 Å². The summed E-state index contributed by atoms with van der Waals surface area (Å²) in [5.74, 6) is 0.745. The lowest BCUT2D eigenvalue weighted by Gasteiger charge is -2.30. The van der Waals surface area contributed by atoms with Crippen molar-refractivity contribution in [2.24, 2.45) is 11.3 Å². The summed E-state index contributed by atoms with van der Waals surface area (Å²) in [4.78, 5) is 0. The predicted octanol–water partition coefficient (Wildman–Crippen LogP) is 4.30. The summed E-state index contributed by atoms with van der Waals surface area (Å²) < 4.78 is 0. The molecule has 14 heavy (non-hydrogen) atoms. The van der Waals surface area contributed by atoms with Crippen LogP contribution in [0.2, 0.25) is 0 Å². The maximum atomic E-state index is 2.36. The molecule has 0 radical (unpaired) electrons. The zero-order chi connectivity index (χ0) is 10.6. The van der Waals surface area contributed by atoms with Crippen molar-refractivity contribution in [3.05, 3.63) is 35.9 Å². The van der Waals surface area contributed by atoms with E-state index >= 15 is 0 Å². The van der Waals surface area contributed by atoms with Crippen LogP contribution in [0.1, 0.15) is 39.7 Å². The quantitative estimate of drug-likeness (QED) is 0.664. The Morgan fingerprint density at radius 1 is 1.14 bits per heavy atom. The smallest absolute Gasteiger partial charge is 0.0248 e. The van der Waals surface area contributed by atoms with Gasteiger partial charge in [0.05, 0.1) is 0 Å². The lowest BCUT2D eigenvalue weighted by molar-refractivity contribution is 0.220. The molecule has 0 bridgehead atoms. The summed E-state index contributed by atoms with van der Waals surface area (Å²) in [6.45, 7) is 9.36. The van der Waals surface area contributed by atoms with Gasteiger partial charge in [0, 0.05) is 0 Å². The topological polar surface area (TPSA) is 0 Å². The van der Waals surface area contributed by atoms with Gasteiger partial charge in [0.15, 0.2) is 0 Å². The minimum atomic E-state index is 0.454. The van der Waals surface area contributed by atoms with Gasteiger partial charge in [-0.2, -0.15) is 0 Å². The molecule has 0 nitrogen and oxygen atoms in total. The highest BCUT2D eigenvalue weighted by atomic mass is 14.3. The van der Waals surface area contributed by atoms with Crippen LogP contribution in [0.4, 0.5) is 0 Å². The normalized spacial score (nSPS) is 14.0. The highest BCUT2D eigenvalue weighted by Crippen LogP contribution is 2.32. The summed E-state index contributed by atoms with van der Waals surface area (Å²) in [6, 6.07) is 10.8. The maximum Gasteiger partial charge on any atom is -0.0248 e. The Labute approximate surface area is 88.4 Å². The van der Waals surface area contributed by atoms with E-state index in [1.165, 1.54) is 18.4 Å². The van der Waals surface area contributed by atoms with Crippen LogP contribution in [0.3, 0.4) is 0 Å². The van der Waals surface area contributed by atoms with Crippen molar-refractivity contribution in [3.8, 4) is 0 Å². The van der Waals surface area contributed by atoms with Crippen LogP contribution in [0.25, 0.3) is 0 Å². The number of hydrogen-bond donors (Lipinski definition) is 0. The molecule has 0 saturated carbocycles. The molecule has 1 rings (SSSR count). The molecule has 0 aliphatic rings. The fraction of sp³-hybridized carbons (Fsp3) is 0.571. The molecule has 1 aromatic carbocycles. The SMILES string of the molecule is CCC(C)(C)C(C)Cc1ccccc1. The third kappa shape index (κ3) is 2.87. The third-order valence-electron chi connectivity index (χ3n) is 3.63. The minimum Gasteiger partial charge on any atom is -0.0649 e. The second kappa shape index (κ2) is 4.63. The Bertz CT molecular complexity index is 259. The van der Waals surface area contributed by atoms with Gasteiger partial charge in [-0.25, -0.2) is 0 Å². The maximum absolute atomic E-state index is 2.36. The third-order valence-corrected chi connectivity index (χ3v) is 3.63. The van der Waals surface area contributed by atoms with Gasteiger partial charge in [-0.05, 0) is 23.3 Å². The van der Waals surface area contributed by atoms with E-state index in [2.05, 4.69) is 58.0 Å². The molecular formula is C14H22. The van der Waals surface area contributed by atoms with Gasteiger partial charge in [0.1, 0.15) is 0 Å². The summed E-state index contributed by atoms with van der Waals surface area (Å²) in [6.07, 6.45) is 2.45. The van der Waals surface area contributed by atoms with Crippen molar-refractivity contribution >= 4 is 0 Å². The van der Waals surface area contributed by atoms with Crippen LogP contribution in [0.15, 0.2) is 30.3 Å². The molecule has 1 aromatic rings. The second-order valence-corrected chi connectivity index (χ2v) is 4.93. The summed E-state index contributed by atoms with van der Waals surface area (Å²) >= 11 is 0. The molecule has 0 heterocycles. The molecule has 0 spiro atoms. The molecule has 78 valence electrons. The van der Waals surface area contributed by atoms with E-state index in [0.29, 0.717) is 5.41 Å². The first-order valence-corrected chi connectivity index (χ1v) is 5.60. The largest absolute Gasteiger partial charge is 0.0649 e. The van der Waals surface area contributed by atoms with Crippen molar-refractivity contribution < 1.29 is 0 Å². The first kappa shape index (κ1) is 11.3. The Morgan fingerprint density at radius 2 is 1.71 bits per heavy atom. The lowest BCUT2D eigenvalue weighted by atomic mass is 9.75. The number of rotatable bonds is 4. The second-order valence-electron chi connectivity index (χ2n) is 4.93. The van der Waals surface area contributed by atoms with Crippen LogP contribution < -0.4 is 0 Å². The van der Waals surface area contributed by atoms with Crippen LogP contribution >= 0.6 is 0 Å². The summed E-state index contributed by atoms with van der Waals surface area (Å²) in [5.41, 5.74) is 1.91. The predicted molar refractivity (Wildman–Crippen MR) is 63.4 cm³/mol. The molecule has 1 atom stereocenters. The molecule has 0 aromatic heterocycles. The highest BCUT2D eigenvalue weighted by molar-refractivity contribution is 5.15. The fourth-order valence-electron chi connectivity index (χ4n) is 1.59. The minimum absolute atomic E-state index is 0.454. The average Bonchev–Trinajstić information content (AvgIpc) is 2.19. The van der Waals surface area contributed by atoms with E-state index < -0.39 is 0 Å². The molecule has 0 amide bonds. The van der Waals surface area contributed by atoms with Gasteiger partial charge < -0.3 is 0 Å². The Balaban J connectivity index is 2.62. The van der Waals surface area contributed by atoms with Crippen LogP contribution in [-0.4, -0.2) is 0 Å². The van der Waals surface area contributed by atoms with E-state index in [0.717, 1.165) is 5.92 Å². The summed E-state index contributed by atoms with van der Waals surface area (Å²) in [5, 5.41) is 0. The van der Waals surface area contributed by atoms with E-state index in [1.807, 2.05) is 0 Å². The van der Waals surface area contributed by atoms with Gasteiger partial charge >= 0.3 is 0 Å². The zero-order valence-electron chi connectivity index (χ0n) is 9.88. The van der Waals surface area contributed by atoms with E-state index in [1.54, 1.807) is 0 Å². The molecular weight excluding hydrogens is 168 g/mol. The molecule has 0 heteroatoms. The number of hydrogen-bond acceptors (Lipinski definition) is 0. The van der Waals surface area contributed by atoms with Crippen LogP contribution in [0, 0.1) is 11.3 Å². The number of benzene rings is 1. The van der Waals surface area contributed by atoms with Crippen molar-refractivity contribution in [3.63, 3.8) is 0 Å². The zero-order valence-corrected chi connectivity index (χ0v) is 9.88. The van der Waals surface area contributed by atoms with Crippen molar-refractivity contribution in [2.45, 2.75) is 40.5 Å². The first-order valence-electron chi connectivity index (χ1n) is 5.60. The Hall–Kier alpha value is -0.780. The fourth-order valence-corrected chi connectivity index (χ4v) is 1.59. The Morgan fingerprint density at radius 3 is 2.21 bits per heavy atom. The van der Waals surface area contributed by atoms with Gasteiger partial charge in [-0.3, -0.25) is 0 Å². The molecule has 0 N–H and O–H groups in total. The standard InChI is InChI=1S/C14H22/c1-5-14(3,4)12(2)11-13-9-7-6-8-10-13/h6-10,12H,5,11H2,1-4H3. The van der Waals surface area contributed by atoms with Crippen molar-refractivity contribution in [2.75, 3.05) is 0 Å². The van der Waals surface area contributed by atoms with Gasteiger partial charge in [-0.15, -0.1) is 0 Å². The monoisotopic (exact) mass is 190 g/mol. The van der Waals surface area contributed by atoms with Crippen LogP contribution in [-0.2, 0) is 6.42 Å². The van der Waals surface area contributed by atoms with Crippen molar-refractivity contribution in [1.29, 1.82) is 0 Å². The van der Waals surface area contributed by atoms with Crippen LogP contribution in [0.5, 0.6) is 0 Å². The molecule has 0 aliphatic carbocycles. The highest BCUT2D eigenvalue weighted by Gasteiger charge is 2.23. The van der Waals surface area contributed by atoms with Gasteiger partial charge in [-0.1, -0.05) is 64.4 Å². The van der Waals surface area contributed by atoms with Gasteiger partial charge in [0.2, 0.25) is 0 Å². The molecule has 0 saturated heterocycles. The van der Waals surface area contributed by atoms with E-state index in [-0.39, 0.29) is 0 Å². The van der Waals surface area contributed by atoms with Crippen molar-refractivity contribution in [1.82, 2.24) is 0 Å². The average molecular weight is 190 g/mol. The summed E-state index contributed by atoms with van der Waals surface area (Å²) in [7, 11) is 0. The van der Waals surface area contributed by atoms with Gasteiger partial charge in [0.25, 0.3) is 0 Å².